The molecule has 2 aromatic carbocycles. The van der Waals surface area contributed by atoms with Crippen LogP contribution < -0.4 is 4.74 Å². The average molecular weight is 429 g/mol. The lowest BCUT2D eigenvalue weighted by Crippen LogP contribution is -2.31. The predicted molar refractivity (Wildman–Crippen MR) is 109 cm³/mol. The molecule has 1 aliphatic rings. The number of carbonyl (C=O) groups is 2. The number of aromatic nitrogens is 3. The van der Waals surface area contributed by atoms with Crippen LogP contribution in [-0.4, -0.2) is 43.8 Å². The summed E-state index contributed by atoms with van der Waals surface area (Å²) < 4.78 is 7.53. The lowest BCUT2D eigenvalue weighted by atomic mass is 10.1. The van der Waals surface area contributed by atoms with E-state index in [4.69, 9.17) is 16.3 Å². The Morgan fingerprint density at radius 1 is 1.00 bits per heavy atom. The Hall–Kier alpha value is -2.84. The van der Waals surface area contributed by atoms with Crippen LogP contribution in [0.3, 0.4) is 0 Å². The SMILES string of the molecule is Cn1c(COc2ccccc2Cl)nnc1SCCN1C(=O)c2ccccc2C1=O. The molecule has 0 saturated carbocycles. The first-order valence-corrected chi connectivity index (χ1v) is 10.3. The minimum absolute atomic E-state index is 0.228. The monoisotopic (exact) mass is 428 g/mol. The first-order chi connectivity index (χ1) is 14.1. The minimum Gasteiger partial charge on any atom is -0.484 e. The number of halogens is 1. The normalized spacial score (nSPS) is 13.1. The molecule has 0 unspecified atom stereocenters. The molecule has 1 aliphatic heterocycles. The number of rotatable bonds is 7. The number of imide groups is 1. The molecule has 2 amide bonds. The number of carbonyl (C=O) groups excluding carboxylic acids is 2. The molecule has 1 aromatic heterocycles. The van der Waals surface area contributed by atoms with Gasteiger partial charge in [-0.2, -0.15) is 0 Å². The average Bonchev–Trinajstić information content (AvgIpc) is 3.20. The molecule has 29 heavy (non-hydrogen) atoms. The fourth-order valence-corrected chi connectivity index (χ4v) is 4.02. The zero-order valence-electron chi connectivity index (χ0n) is 15.5. The summed E-state index contributed by atoms with van der Waals surface area (Å²) in [5, 5.41) is 9.53. The Morgan fingerprint density at radius 2 is 1.66 bits per heavy atom. The molecule has 0 fully saturated rings. The second-order valence-electron chi connectivity index (χ2n) is 6.33. The maximum Gasteiger partial charge on any atom is 0.261 e. The second-order valence-corrected chi connectivity index (χ2v) is 7.80. The maximum atomic E-state index is 12.4. The largest absolute Gasteiger partial charge is 0.484 e. The van der Waals surface area contributed by atoms with Gasteiger partial charge in [-0.3, -0.25) is 14.5 Å². The summed E-state index contributed by atoms with van der Waals surface area (Å²) >= 11 is 7.52. The van der Waals surface area contributed by atoms with Crippen LogP contribution in [0.15, 0.2) is 53.7 Å². The molecule has 0 radical (unpaired) electrons. The van der Waals surface area contributed by atoms with Gasteiger partial charge >= 0.3 is 0 Å². The van der Waals surface area contributed by atoms with Crippen molar-refractivity contribution < 1.29 is 14.3 Å². The first kappa shape index (κ1) is 19.5. The Bertz CT molecular complexity index is 1050. The van der Waals surface area contributed by atoms with Crippen molar-refractivity contribution in [1.29, 1.82) is 0 Å². The van der Waals surface area contributed by atoms with Crippen LogP contribution in [0.2, 0.25) is 5.02 Å². The van der Waals surface area contributed by atoms with Crippen molar-refractivity contribution in [3.05, 3.63) is 70.5 Å². The first-order valence-electron chi connectivity index (χ1n) is 8.90. The van der Waals surface area contributed by atoms with Gasteiger partial charge in [0.25, 0.3) is 11.8 Å². The molecule has 0 N–H and O–H groups in total. The van der Waals surface area contributed by atoms with Gasteiger partial charge in [0.2, 0.25) is 0 Å². The molecule has 148 valence electrons. The number of nitrogens with zero attached hydrogens (tertiary/aromatic N) is 4. The van der Waals surface area contributed by atoms with Crippen molar-refractivity contribution in [2.45, 2.75) is 11.8 Å². The summed E-state index contributed by atoms with van der Waals surface area (Å²) in [7, 11) is 1.84. The van der Waals surface area contributed by atoms with Gasteiger partial charge < -0.3 is 9.30 Å². The number of hydrogen-bond donors (Lipinski definition) is 0. The van der Waals surface area contributed by atoms with E-state index < -0.39 is 0 Å². The summed E-state index contributed by atoms with van der Waals surface area (Å²) in [4.78, 5) is 26.1. The van der Waals surface area contributed by atoms with Gasteiger partial charge in [-0.05, 0) is 24.3 Å². The number of benzene rings is 2. The Labute approximate surface area is 176 Å². The molecule has 3 aromatic rings. The molecule has 0 atom stereocenters. The number of fused-ring (bicyclic) bond motifs is 1. The van der Waals surface area contributed by atoms with Crippen LogP contribution in [-0.2, 0) is 13.7 Å². The molecule has 0 aliphatic carbocycles. The summed E-state index contributed by atoms with van der Waals surface area (Å²) in [5.41, 5.74) is 0.917. The summed E-state index contributed by atoms with van der Waals surface area (Å²) in [6.45, 7) is 0.529. The van der Waals surface area contributed by atoms with E-state index in [1.807, 2.05) is 23.7 Å². The molecule has 7 nitrogen and oxygen atoms in total. The highest BCUT2D eigenvalue weighted by Gasteiger charge is 2.34. The molecule has 0 saturated heterocycles. The van der Waals surface area contributed by atoms with E-state index in [1.54, 1.807) is 36.4 Å². The van der Waals surface area contributed by atoms with Crippen LogP contribution >= 0.6 is 23.4 Å². The number of ether oxygens (including phenoxy) is 1. The lowest BCUT2D eigenvalue weighted by Gasteiger charge is -2.13. The third-order valence-corrected chi connectivity index (χ3v) is 5.86. The zero-order valence-corrected chi connectivity index (χ0v) is 17.1. The van der Waals surface area contributed by atoms with Crippen LogP contribution in [0.5, 0.6) is 5.75 Å². The van der Waals surface area contributed by atoms with Gasteiger partial charge in [-0.15, -0.1) is 10.2 Å². The summed E-state index contributed by atoms with van der Waals surface area (Å²) in [5.74, 6) is 1.24. The number of hydrogen-bond acceptors (Lipinski definition) is 6. The van der Waals surface area contributed by atoms with Crippen molar-refractivity contribution >= 4 is 35.2 Å². The third kappa shape index (κ3) is 3.86. The van der Waals surface area contributed by atoms with E-state index >= 15 is 0 Å². The topological polar surface area (TPSA) is 77.3 Å². The quantitative estimate of drug-likeness (QED) is 0.424. The van der Waals surface area contributed by atoms with Crippen LogP contribution in [0, 0.1) is 0 Å². The fourth-order valence-electron chi connectivity index (χ4n) is 2.97. The predicted octanol–water partition coefficient (Wildman–Crippen LogP) is 3.44. The van der Waals surface area contributed by atoms with Gasteiger partial charge in [-0.1, -0.05) is 47.6 Å². The van der Waals surface area contributed by atoms with Gasteiger partial charge in [0, 0.05) is 19.3 Å². The van der Waals surface area contributed by atoms with E-state index in [-0.39, 0.29) is 18.4 Å². The maximum absolute atomic E-state index is 12.4. The zero-order chi connectivity index (χ0) is 20.4. The van der Waals surface area contributed by atoms with Crippen molar-refractivity contribution in [1.82, 2.24) is 19.7 Å². The molecular formula is C20H17ClN4O3S. The number of para-hydroxylation sites is 1. The molecule has 4 rings (SSSR count). The number of thioether (sulfide) groups is 1. The molecule has 9 heteroatoms. The standard InChI is InChI=1S/C20H17ClN4O3S/c1-24-17(12-28-16-9-5-4-8-15(16)21)22-23-20(24)29-11-10-25-18(26)13-6-2-3-7-14(13)19(25)27/h2-9H,10-12H2,1H3. The molecule has 0 bridgehead atoms. The van der Waals surface area contributed by atoms with Crippen molar-refractivity contribution in [3.63, 3.8) is 0 Å². The van der Waals surface area contributed by atoms with Crippen molar-refractivity contribution in [2.24, 2.45) is 7.05 Å². The molecule has 0 spiro atoms. The van der Waals surface area contributed by atoms with Crippen LogP contribution in [0.4, 0.5) is 0 Å². The molecular weight excluding hydrogens is 412 g/mol. The highest BCUT2D eigenvalue weighted by atomic mass is 35.5. The van der Waals surface area contributed by atoms with Crippen molar-refractivity contribution in [3.8, 4) is 5.75 Å². The van der Waals surface area contributed by atoms with E-state index in [0.717, 1.165) is 0 Å². The second kappa shape index (κ2) is 8.26. The summed E-state index contributed by atoms with van der Waals surface area (Å²) in [6.07, 6.45) is 0. The Kier molecular flexibility index (Phi) is 5.55. The molecule has 2 heterocycles. The van der Waals surface area contributed by atoms with Crippen molar-refractivity contribution in [2.75, 3.05) is 12.3 Å². The van der Waals surface area contributed by atoms with Gasteiger partial charge in [0.05, 0.1) is 16.1 Å². The van der Waals surface area contributed by atoms with Crippen LogP contribution in [0.1, 0.15) is 26.5 Å². The highest BCUT2D eigenvalue weighted by Crippen LogP contribution is 2.25. The highest BCUT2D eigenvalue weighted by molar-refractivity contribution is 7.99. The van der Waals surface area contributed by atoms with E-state index in [2.05, 4.69) is 10.2 Å². The van der Waals surface area contributed by atoms with E-state index in [0.29, 0.717) is 45.2 Å². The van der Waals surface area contributed by atoms with E-state index in [9.17, 15) is 9.59 Å². The third-order valence-electron chi connectivity index (χ3n) is 4.54. The Morgan fingerprint density at radius 3 is 2.34 bits per heavy atom. The van der Waals surface area contributed by atoms with E-state index in [1.165, 1.54) is 16.7 Å². The van der Waals surface area contributed by atoms with Gasteiger partial charge in [0.1, 0.15) is 12.4 Å². The number of amides is 2. The Balaban J connectivity index is 1.34. The lowest BCUT2D eigenvalue weighted by molar-refractivity contribution is 0.0664. The fraction of sp³-hybridized carbons (Fsp3) is 0.200. The van der Waals surface area contributed by atoms with Gasteiger partial charge in [0.15, 0.2) is 11.0 Å². The van der Waals surface area contributed by atoms with Gasteiger partial charge in [-0.25, -0.2) is 0 Å². The minimum atomic E-state index is -0.252. The smallest absolute Gasteiger partial charge is 0.261 e. The van der Waals surface area contributed by atoms with Crippen LogP contribution in [0.25, 0.3) is 0 Å². The summed E-state index contributed by atoms with van der Waals surface area (Å²) in [6, 6.07) is 14.1.